The molecule has 2 aromatic heterocycles. The molecule has 0 unspecified atom stereocenters. The summed E-state index contributed by atoms with van der Waals surface area (Å²) in [4.78, 5) is 5.28. The van der Waals surface area contributed by atoms with Crippen molar-refractivity contribution in [3.8, 4) is 28.2 Å². The topological polar surface area (TPSA) is 17.8 Å². The van der Waals surface area contributed by atoms with Crippen LogP contribution in [0.3, 0.4) is 0 Å². The molecule has 0 aliphatic carbocycles. The monoisotopic (exact) mass is 553 g/mol. The van der Waals surface area contributed by atoms with Gasteiger partial charge in [-0.1, -0.05) is 94.4 Å². The molecule has 3 heteroatoms. The van der Waals surface area contributed by atoms with Crippen LogP contribution in [0.15, 0.2) is 103 Å². The van der Waals surface area contributed by atoms with Gasteiger partial charge in [-0.3, -0.25) is 4.57 Å². The highest BCUT2D eigenvalue weighted by molar-refractivity contribution is 7.26. The van der Waals surface area contributed by atoms with Crippen LogP contribution in [0.4, 0.5) is 0 Å². The Morgan fingerprint density at radius 3 is 2.15 bits per heavy atom. The third kappa shape index (κ3) is 4.19. The SMILES string of the molecule is [2H]C([2H])([2H])c1ccc(-c2nc3ccccc3n2-c2c(C(C)C)cc(-c3ccccc3)cc2C(C)C)c2sc3ccccc3c12. The second-order valence-electron chi connectivity index (χ2n) is 11.4. The number of aryl methyl sites for hydroxylation is 1. The first-order valence-corrected chi connectivity index (χ1v) is 15.1. The Balaban J connectivity index is 1.61. The lowest BCUT2D eigenvalue weighted by atomic mass is 9.88. The molecule has 2 nitrogen and oxygen atoms in total. The molecule has 0 aliphatic rings. The van der Waals surface area contributed by atoms with Gasteiger partial charge >= 0.3 is 0 Å². The molecule has 0 aliphatic heterocycles. The highest BCUT2D eigenvalue weighted by Crippen LogP contribution is 2.44. The van der Waals surface area contributed by atoms with Crippen LogP contribution in [0.25, 0.3) is 59.4 Å². The Hall–Kier alpha value is -4.21. The molecule has 0 amide bonds. The molecule has 0 bridgehead atoms. The minimum atomic E-state index is -2.23. The highest BCUT2D eigenvalue weighted by atomic mass is 32.1. The Morgan fingerprint density at radius 1 is 0.732 bits per heavy atom. The molecule has 0 fully saturated rings. The fourth-order valence-corrected chi connectivity index (χ4v) is 7.29. The number of benzene rings is 5. The first kappa shape index (κ1) is 22.5. The van der Waals surface area contributed by atoms with Crippen molar-refractivity contribution < 1.29 is 4.11 Å². The zero-order valence-corrected chi connectivity index (χ0v) is 24.6. The molecule has 5 aromatic carbocycles. The molecule has 0 atom stereocenters. The molecule has 7 aromatic rings. The number of fused-ring (bicyclic) bond motifs is 4. The van der Waals surface area contributed by atoms with Crippen molar-refractivity contribution in [1.29, 1.82) is 0 Å². The maximum atomic E-state index is 8.37. The summed E-state index contributed by atoms with van der Waals surface area (Å²) in [6.07, 6.45) is 0. The lowest BCUT2D eigenvalue weighted by Gasteiger charge is -2.24. The minimum absolute atomic E-state index is 0.252. The second-order valence-corrected chi connectivity index (χ2v) is 12.5. The van der Waals surface area contributed by atoms with Crippen LogP contribution in [0, 0.1) is 6.85 Å². The van der Waals surface area contributed by atoms with E-state index in [9.17, 15) is 0 Å². The molecular formula is C38H34N2S. The second kappa shape index (κ2) is 10.0. The summed E-state index contributed by atoms with van der Waals surface area (Å²) >= 11 is 1.64. The number of hydrogen-bond acceptors (Lipinski definition) is 2. The first-order chi connectivity index (χ1) is 21.1. The van der Waals surface area contributed by atoms with Gasteiger partial charge in [0.05, 0.1) is 16.7 Å². The van der Waals surface area contributed by atoms with E-state index in [1.807, 2.05) is 30.3 Å². The Bertz CT molecular complexity index is 2140. The molecule has 0 radical (unpaired) electrons. The zero-order valence-electron chi connectivity index (χ0n) is 26.8. The molecular weight excluding hydrogens is 516 g/mol. The van der Waals surface area contributed by atoms with Crippen molar-refractivity contribution in [2.75, 3.05) is 0 Å². The lowest BCUT2D eigenvalue weighted by Crippen LogP contribution is -2.09. The number of nitrogens with zero attached hydrogens (tertiary/aromatic N) is 2. The number of aromatic nitrogens is 2. The Morgan fingerprint density at radius 2 is 1.41 bits per heavy atom. The maximum absolute atomic E-state index is 8.37. The number of rotatable bonds is 5. The zero-order chi connectivity index (χ0) is 30.7. The normalized spacial score (nSPS) is 13.4. The highest BCUT2D eigenvalue weighted by Gasteiger charge is 2.25. The van der Waals surface area contributed by atoms with E-state index in [0.29, 0.717) is 5.56 Å². The van der Waals surface area contributed by atoms with Crippen LogP contribution in [-0.4, -0.2) is 9.55 Å². The summed E-state index contributed by atoms with van der Waals surface area (Å²) in [6, 6.07) is 35.4. The van der Waals surface area contributed by atoms with Gasteiger partial charge in [0.15, 0.2) is 0 Å². The third-order valence-electron chi connectivity index (χ3n) is 8.07. The van der Waals surface area contributed by atoms with E-state index in [4.69, 9.17) is 9.10 Å². The third-order valence-corrected chi connectivity index (χ3v) is 9.28. The van der Waals surface area contributed by atoms with Gasteiger partial charge in [-0.25, -0.2) is 4.98 Å². The van der Waals surface area contributed by atoms with Gasteiger partial charge in [0.2, 0.25) is 0 Å². The summed E-state index contributed by atoms with van der Waals surface area (Å²) in [5.74, 6) is 1.33. The van der Waals surface area contributed by atoms with Gasteiger partial charge in [0.1, 0.15) is 5.82 Å². The summed E-state index contributed by atoms with van der Waals surface area (Å²) in [5.41, 5.74) is 9.36. The molecule has 202 valence electrons. The van der Waals surface area contributed by atoms with Crippen molar-refractivity contribution in [2.24, 2.45) is 0 Å². The summed E-state index contributed by atoms with van der Waals surface area (Å²) in [7, 11) is 0. The number of imidazole rings is 1. The summed E-state index contributed by atoms with van der Waals surface area (Å²) in [6.45, 7) is 6.79. The fraction of sp³-hybridized carbons (Fsp3) is 0.184. The molecule has 0 saturated heterocycles. The van der Waals surface area contributed by atoms with Crippen LogP contribution < -0.4 is 0 Å². The Labute approximate surface area is 250 Å². The minimum Gasteiger partial charge on any atom is -0.292 e. The molecule has 41 heavy (non-hydrogen) atoms. The van der Waals surface area contributed by atoms with E-state index < -0.39 is 6.85 Å². The van der Waals surface area contributed by atoms with Crippen LogP contribution >= 0.6 is 11.3 Å². The van der Waals surface area contributed by atoms with Gasteiger partial charge in [-0.15, -0.1) is 11.3 Å². The molecule has 2 heterocycles. The average Bonchev–Trinajstić information content (AvgIpc) is 3.59. The average molecular weight is 554 g/mol. The van der Waals surface area contributed by atoms with Gasteiger partial charge in [0, 0.05) is 29.8 Å². The van der Waals surface area contributed by atoms with E-state index in [1.54, 1.807) is 17.4 Å². The standard InChI is InChI=1S/C38H34N2S/c1-23(2)30-21-27(26-13-7-6-8-14-26)22-31(24(3)4)36(30)40-33-17-11-10-16-32(33)39-38(40)29-20-19-25(5)35-28-15-9-12-18-34(28)41-37(29)35/h6-24H,1-5H3/i5D3. The van der Waals surface area contributed by atoms with Crippen LogP contribution in [-0.2, 0) is 0 Å². The number of thiophene rings is 1. The first-order valence-electron chi connectivity index (χ1n) is 15.8. The van der Waals surface area contributed by atoms with Crippen LogP contribution in [0.1, 0.15) is 60.3 Å². The predicted octanol–water partition coefficient (Wildman–Crippen LogP) is 11.3. The van der Waals surface area contributed by atoms with Crippen molar-refractivity contribution in [1.82, 2.24) is 9.55 Å². The van der Waals surface area contributed by atoms with Crippen molar-refractivity contribution in [2.45, 2.75) is 46.4 Å². The van der Waals surface area contributed by atoms with Gasteiger partial charge in [0.25, 0.3) is 0 Å². The molecule has 0 N–H and O–H groups in total. The Kier molecular flexibility index (Phi) is 5.49. The largest absolute Gasteiger partial charge is 0.292 e. The van der Waals surface area contributed by atoms with Crippen molar-refractivity contribution >= 4 is 42.5 Å². The maximum Gasteiger partial charge on any atom is 0.147 e. The van der Waals surface area contributed by atoms with Crippen molar-refractivity contribution in [3.63, 3.8) is 0 Å². The van der Waals surface area contributed by atoms with Crippen LogP contribution in [0.2, 0.25) is 0 Å². The smallest absolute Gasteiger partial charge is 0.147 e. The van der Waals surface area contributed by atoms with E-state index >= 15 is 0 Å². The van der Waals surface area contributed by atoms with Gasteiger partial charge in [-0.2, -0.15) is 0 Å². The summed E-state index contributed by atoms with van der Waals surface area (Å²) < 4.78 is 29.5. The fourth-order valence-electron chi connectivity index (χ4n) is 6.05. The molecule has 0 saturated carbocycles. The van der Waals surface area contributed by atoms with E-state index in [0.717, 1.165) is 48.3 Å². The number of para-hydroxylation sites is 2. The lowest BCUT2D eigenvalue weighted by molar-refractivity contribution is 0.812. The summed E-state index contributed by atoms with van der Waals surface area (Å²) in [5, 5.41) is 1.77. The molecule has 0 spiro atoms. The van der Waals surface area contributed by atoms with E-state index in [2.05, 4.69) is 99.0 Å². The van der Waals surface area contributed by atoms with Crippen LogP contribution in [0.5, 0.6) is 0 Å². The van der Waals surface area contributed by atoms with E-state index in [-0.39, 0.29) is 11.8 Å². The van der Waals surface area contributed by atoms with Gasteiger partial charge < -0.3 is 0 Å². The quantitative estimate of drug-likeness (QED) is 0.207. The molecule has 7 rings (SSSR count). The predicted molar refractivity (Wildman–Crippen MR) is 178 cm³/mol. The van der Waals surface area contributed by atoms with E-state index in [1.165, 1.54) is 22.3 Å². The van der Waals surface area contributed by atoms with Gasteiger partial charge in [-0.05, 0) is 82.9 Å². The number of hydrogen-bond donors (Lipinski definition) is 0. The van der Waals surface area contributed by atoms with Crippen molar-refractivity contribution in [3.05, 3.63) is 120 Å².